The Morgan fingerprint density at radius 1 is 1.00 bits per heavy atom. The van der Waals surface area contributed by atoms with E-state index in [1.807, 2.05) is 46.2 Å². The first kappa shape index (κ1) is 18.6. The standard InChI is InChI=1S/C22H24N4OS/c1-17-5-3-4-6-20(17)24-13-15-25(16-14-24)21(27)18-7-9-19(10-8-18)26-12-11-23-22(26)28-2/h3-12H,13-16H2,1-2H3. The van der Waals surface area contributed by atoms with Crippen LogP contribution in [0.4, 0.5) is 5.69 Å². The molecule has 1 saturated heterocycles. The number of hydrogen-bond donors (Lipinski definition) is 0. The highest BCUT2D eigenvalue weighted by Gasteiger charge is 2.23. The van der Waals surface area contributed by atoms with Gasteiger partial charge in [-0.25, -0.2) is 4.98 Å². The first-order valence-electron chi connectivity index (χ1n) is 9.45. The van der Waals surface area contributed by atoms with Crippen LogP contribution in [0.2, 0.25) is 0 Å². The van der Waals surface area contributed by atoms with E-state index in [0.29, 0.717) is 0 Å². The predicted octanol–water partition coefficient (Wildman–Crippen LogP) is 3.87. The van der Waals surface area contributed by atoms with Crippen molar-refractivity contribution in [2.75, 3.05) is 37.3 Å². The van der Waals surface area contributed by atoms with Crippen LogP contribution in [0.1, 0.15) is 15.9 Å². The molecule has 0 spiro atoms. The number of hydrogen-bond acceptors (Lipinski definition) is 4. The molecule has 0 atom stereocenters. The van der Waals surface area contributed by atoms with E-state index in [2.05, 4.69) is 41.1 Å². The van der Waals surface area contributed by atoms with Crippen molar-refractivity contribution in [3.8, 4) is 5.69 Å². The molecule has 4 rings (SSSR count). The summed E-state index contributed by atoms with van der Waals surface area (Å²) in [5.41, 5.74) is 4.30. The van der Waals surface area contributed by atoms with Gasteiger partial charge in [0.15, 0.2) is 5.16 Å². The Hall–Kier alpha value is -2.73. The fourth-order valence-corrected chi connectivity index (χ4v) is 4.18. The number of amides is 1. The first-order valence-corrected chi connectivity index (χ1v) is 10.7. The SMILES string of the molecule is CSc1nccn1-c1ccc(C(=O)N2CCN(c3ccccc3C)CC2)cc1. The number of carbonyl (C=O) groups excluding carboxylic acids is 1. The summed E-state index contributed by atoms with van der Waals surface area (Å²) in [6.07, 6.45) is 5.74. The second kappa shape index (κ2) is 8.10. The molecular weight excluding hydrogens is 368 g/mol. The average Bonchev–Trinajstić information content (AvgIpc) is 3.23. The normalized spacial score (nSPS) is 14.4. The molecule has 0 unspecified atom stereocenters. The van der Waals surface area contributed by atoms with Crippen LogP contribution < -0.4 is 4.90 Å². The number of carbonyl (C=O) groups is 1. The predicted molar refractivity (Wildman–Crippen MR) is 115 cm³/mol. The van der Waals surface area contributed by atoms with Crippen LogP contribution in [0.15, 0.2) is 66.1 Å². The summed E-state index contributed by atoms with van der Waals surface area (Å²) < 4.78 is 2.03. The van der Waals surface area contributed by atoms with Crippen molar-refractivity contribution in [2.24, 2.45) is 0 Å². The number of piperazine rings is 1. The first-order chi connectivity index (χ1) is 13.7. The van der Waals surface area contributed by atoms with Gasteiger partial charge in [0.2, 0.25) is 0 Å². The molecule has 6 heteroatoms. The summed E-state index contributed by atoms with van der Waals surface area (Å²) in [6.45, 7) is 5.35. The molecule has 2 aromatic carbocycles. The summed E-state index contributed by atoms with van der Waals surface area (Å²) in [5.74, 6) is 0.103. The van der Waals surface area contributed by atoms with E-state index in [-0.39, 0.29) is 5.91 Å². The molecule has 1 aliphatic rings. The number of nitrogens with zero attached hydrogens (tertiary/aromatic N) is 4. The maximum absolute atomic E-state index is 12.9. The highest BCUT2D eigenvalue weighted by molar-refractivity contribution is 7.98. The van der Waals surface area contributed by atoms with Crippen LogP contribution in [-0.4, -0.2) is 52.8 Å². The van der Waals surface area contributed by atoms with Crippen molar-refractivity contribution in [3.63, 3.8) is 0 Å². The van der Waals surface area contributed by atoms with E-state index in [1.54, 1.807) is 18.0 Å². The fourth-order valence-electron chi connectivity index (χ4n) is 3.65. The molecule has 1 aromatic heterocycles. The van der Waals surface area contributed by atoms with Gasteiger partial charge in [-0.05, 0) is 49.1 Å². The van der Waals surface area contributed by atoms with Gasteiger partial charge in [-0.3, -0.25) is 9.36 Å². The van der Waals surface area contributed by atoms with Gasteiger partial charge in [0.25, 0.3) is 5.91 Å². The Morgan fingerprint density at radius 2 is 1.71 bits per heavy atom. The van der Waals surface area contributed by atoms with Gasteiger partial charge in [-0.2, -0.15) is 0 Å². The number of imidazole rings is 1. The summed E-state index contributed by atoms with van der Waals surface area (Å²) in [4.78, 5) is 21.6. The Bertz CT molecular complexity index is 959. The lowest BCUT2D eigenvalue weighted by Gasteiger charge is -2.36. The number of benzene rings is 2. The van der Waals surface area contributed by atoms with Gasteiger partial charge in [-0.15, -0.1) is 0 Å². The van der Waals surface area contributed by atoms with Gasteiger partial charge in [0.05, 0.1) is 0 Å². The maximum Gasteiger partial charge on any atom is 0.253 e. The van der Waals surface area contributed by atoms with Gasteiger partial charge < -0.3 is 9.80 Å². The topological polar surface area (TPSA) is 41.4 Å². The summed E-state index contributed by atoms with van der Waals surface area (Å²) in [6, 6.07) is 16.2. The molecule has 0 saturated carbocycles. The molecule has 1 aliphatic heterocycles. The van der Waals surface area contributed by atoms with Crippen LogP contribution in [0.25, 0.3) is 5.69 Å². The molecule has 28 heavy (non-hydrogen) atoms. The number of anilines is 1. The quantitative estimate of drug-likeness (QED) is 0.632. The molecule has 2 heterocycles. The third-order valence-corrected chi connectivity index (χ3v) is 5.87. The monoisotopic (exact) mass is 392 g/mol. The molecule has 144 valence electrons. The van der Waals surface area contributed by atoms with E-state index in [0.717, 1.165) is 42.6 Å². The minimum absolute atomic E-state index is 0.103. The summed E-state index contributed by atoms with van der Waals surface area (Å²) in [7, 11) is 0. The van der Waals surface area contributed by atoms with Crippen molar-refractivity contribution in [3.05, 3.63) is 72.1 Å². The molecule has 0 bridgehead atoms. The lowest BCUT2D eigenvalue weighted by Crippen LogP contribution is -2.49. The van der Waals surface area contributed by atoms with Crippen molar-refractivity contribution in [2.45, 2.75) is 12.1 Å². The largest absolute Gasteiger partial charge is 0.368 e. The zero-order valence-electron chi connectivity index (χ0n) is 16.2. The third kappa shape index (κ3) is 3.64. The molecule has 0 N–H and O–H groups in total. The van der Waals surface area contributed by atoms with Crippen LogP contribution in [0, 0.1) is 6.92 Å². The molecule has 0 aliphatic carbocycles. The maximum atomic E-state index is 12.9. The highest BCUT2D eigenvalue weighted by atomic mass is 32.2. The zero-order valence-corrected chi connectivity index (χ0v) is 17.0. The Labute approximate surface area is 170 Å². The molecule has 1 fully saturated rings. The average molecular weight is 393 g/mol. The van der Waals surface area contributed by atoms with Crippen molar-refractivity contribution < 1.29 is 4.79 Å². The van der Waals surface area contributed by atoms with E-state index in [4.69, 9.17) is 0 Å². The molecule has 5 nitrogen and oxygen atoms in total. The van der Waals surface area contributed by atoms with E-state index >= 15 is 0 Å². The number of aryl methyl sites for hydroxylation is 1. The fraction of sp³-hybridized carbons (Fsp3) is 0.273. The van der Waals surface area contributed by atoms with Crippen LogP contribution in [-0.2, 0) is 0 Å². The van der Waals surface area contributed by atoms with E-state index in [9.17, 15) is 4.79 Å². The third-order valence-electron chi connectivity index (χ3n) is 5.20. The number of thioether (sulfide) groups is 1. The smallest absolute Gasteiger partial charge is 0.253 e. The number of rotatable bonds is 4. The lowest BCUT2D eigenvalue weighted by atomic mass is 10.1. The Morgan fingerprint density at radius 3 is 2.39 bits per heavy atom. The second-order valence-electron chi connectivity index (χ2n) is 6.90. The number of para-hydroxylation sites is 1. The van der Waals surface area contributed by atoms with Gasteiger partial charge in [0.1, 0.15) is 0 Å². The molecular formula is C22H24N4OS. The van der Waals surface area contributed by atoms with Crippen LogP contribution in [0.3, 0.4) is 0 Å². The van der Waals surface area contributed by atoms with Crippen molar-refractivity contribution in [1.82, 2.24) is 14.5 Å². The lowest BCUT2D eigenvalue weighted by molar-refractivity contribution is 0.0747. The Kier molecular flexibility index (Phi) is 5.39. The van der Waals surface area contributed by atoms with Gasteiger partial charge in [0, 0.05) is 55.5 Å². The van der Waals surface area contributed by atoms with Crippen molar-refractivity contribution in [1.29, 1.82) is 0 Å². The van der Waals surface area contributed by atoms with Gasteiger partial charge in [-0.1, -0.05) is 30.0 Å². The molecule has 1 amide bonds. The molecule has 0 radical (unpaired) electrons. The number of aromatic nitrogens is 2. The minimum Gasteiger partial charge on any atom is -0.368 e. The van der Waals surface area contributed by atoms with E-state index < -0.39 is 0 Å². The zero-order chi connectivity index (χ0) is 19.5. The van der Waals surface area contributed by atoms with Crippen molar-refractivity contribution >= 4 is 23.4 Å². The van der Waals surface area contributed by atoms with Crippen LogP contribution in [0.5, 0.6) is 0 Å². The van der Waals surface area contributed by atoms with Crippen LogP contribution >= 0.6 is 11.8 Å². The summed E-state index contributed by atoms with van der Waals surface area (Å²) >= 11 is 1.60. The van der Waals surface area contributed by atoms with Gasteiger partial charge >= 0.3 is 0 Å². The van der Waals surface area contributed by atoms with E-state index in [1.165, 1.54) is 11.3 Å². The highest BCUT2D eigenvalue weighted by Crippen LogP contribution is 2.22. The summed E-state index contributed by atoms with van der Waals surface area (Å²) in [5, 5.41) is 0.936. The molecule has 3 aromatic rings. The second-order valence-corrected chi connectivity index (χ2v) is 7.67. The Balaban J connectivity index is 1.42. The minimum atomic E-state index is 0.103.